The summed E-state index contributed by atoms with van der Waals surface area (Å²) in [6, 6.07) is 3.94. The van der Waals surface area contributed by atoms with Gasteiger partial charge in [-0.3, -0.25) is 19.2 Å². The summed E-state index contributed by atoms with van der Waals surface area (Å²) in [6.45, 7) is 21.9. The molecule has 0 bridgehead atoms. The van der Waals surface area contributed by atoms with Gasteiger partial charge in [0.1, 0.15) is 29.0 Å². The second kappa shape index (κ2) is 15.8. The van der Waals surface area contributed by atoms with E-state index < -0.39 is 52.2 Å². The minimum Gasteiger partial charge on any atom is -0.485 e. The molecule has 3 N–H and O–H groups in total. The molecule has 1 fully saturated rings. The number of aryl methyl sites for hydroxylation is 1. The van der Waals surface area contributed by atoms with E-state index in [4.69, 9.17) is 14.2 Å². The summed E-state index contributed by atoms with van der Waals surface area (Å²) in [5, 5.41) is 16.2. The fourth-order valence-electron chi connectivity index (χ4n) is 5.61. The lowest BCUT2D eigenvalue weighted by molar-refractivity contribution is -0.163. The second-order valence-electron chi connectivity index (χ2n) is 16.4. The lowest BCUT2D eigenvalue weighted by Gasteiger charge is -2.35. The number of nitrogens with zero attached hydrogens (tertiary/aromatic N) is 2. The minimum atomic E-state index is -0.920. The maximum atomic E-state index is 13.7. The Kier molecular flexibility index (Phi) is 12.9. The Hall–Kier alpha value is -3.55. The van der Waals surface area contributed by atoms with E-state index in [1.54, 1.807) is 5.51 Å². The van der Waals surface area contributed by atoms with Crippen molar-refractivity contribution in [2.24, 2.45) is 5.41 Å². The summed E-state index contributed by atoms with van der Waals surface area (Å²) in [5.74, 6) is -1.04. The molecule has 3 atom stereocenters. The number of hydrogen-bond donors (Lipinski definition) is 3. The number of carbonyl (C=O) groups excluding carboxylic acids is 4. The standard InChI is InChI=1S/C37H56N4O8S/c1-22-30(50-21-39-22)24-13-14-25(28(15-24)48-37(11,12)20-47-36(9,10)17-29(44)49-35(6,7)8)18-38-32(45)27-16-26(43)19-41(27)33(46)31(34(3,4)5)40-23(2)42/h13-15,21,26-27,31,43H,16-20H2,1-12H3,(H,38,45)(H,40,42)/t26-,27+,31?/m1/s1. The molecule has 2 aromatic rings. The highest BCUT2D eigenvalue weighted by Gasteiger charge is 2.44. The Balaban J connectivity index is 1.82. The van der Waals surface area contributed by atoms with Crippen LogP contribution in [0.15, 0.2) is 23.7 Å². The van der Waals surface area contributed by atoms with Gasteiger partial charge in [0, 0.05) is 32.0 Å². The van der Waals surface area contributed by atoms with Crippen LogP contribution in [0.4, 0.5) is 0 Å². The van der Waals surface area contributed by atoms with Crippen molar-refractivity contribution in [2.75, 3.05) is 13.2 Å². The number of hydrogen-bond acceptors (Lipinski definition) is 10. The van der Waals surface area contributed by atoms with Gasteiger partial charge in [-0.1, -0.05) is 32.9 Å². The van der Waals surface area contributed by atoms with Crippen LogP contribution >= 0.6 is 11.3 Å². The van der Waals surface area contributed by atoms with Crippen LogP contribution in [-0.2, 0) is 35.2 Å². The zero-order valence-corrected chi connectivity index (χ0v) is 32.5. The van der Waals surface area contributed by atoms with Crippen molar-refractivity contribution in [1.82, 2.24) is 20.5 Å². The molecule has 3 rings (SSSR count). The maximum Gasteiger partial charge on any atom is 0.309 e. The monoisotopic (exact) mass is 716 g/mol. The Bertz CT molecular complexity index is 1540. The van der Waals surface area contributed by atoms with Gasteiger partial charge >= 0.3 is 5.97 Å². The smallest absolute Gasteiger partial charge is 0.309 e. The summed E-state index contributed by atoms with van der Waals surface area (Å²) in [5.41, 5.74) is 1.36. The van der Waals surface area contributed by atoms with Crippen molar-refractivity contribution in [3.8, 4) is 16.2 Å². The number of likely N-dealkylation sites (tertiary alicyclic amines) is 1. The van der Waals surface area contributed by atoms with E-state index in [1.165, 1.54) is 23.2 Å². The summed E-state index contributed by atoms with van der Waals surface area (Å²) < 4.78 is 18.3. The Labute approximate surface area is 300 Å². The zero-order valence-electron chi connectivity index (χ0n) is 31.7. The number of amides is 3. The maximum absolute atomic E-state index is 13.7. The molecule has 0 aliphatic carbocycles. The Morgan fingerprint density at radius 2 is 1.70 bits per heavy atom. The molecule has 1 saturated heterocycles. The van der Waals surface area contributed by atoms with Gasteiger partial charge in [0.05, 0.1) is 40.8 Å². The number of aliphatic hydroxyl groups is 1. The molecule has 2 heterocycles. The van der Waals surface area contributed by atoms with Crippen LogP contribution in [0.3, 0.4) is 0 Å². The highest BCUT2D eigenvalue weighted by molar-refractivity contribution is 7.13. The number of benzene rings is 1. The van der Waals surface area contributed by atoms with Gasteiger partial charge in [-0.2, -0.15) is 0 Å². The third-order valence-electron chi connectivity index (χ3n) is 8.04. The molecule has 3 amide bonds. The average Bonchev–Trinajstić information content (AvgIpc) is 3.57. The lowest BCUT2D eigenvalue weighted by atomic mass is 9.85. The molecular weight excluding hydrogens is 660 g/mol. The molecule has 0 saturated carbocycles. The van der Waals surface area contributed by atoms with Gasteiger partial charge in [0.2, 0.25) is 17.7 Å². The summed E-state index contributed by atoms with van der Waals surface area (Å²) >= 11 is 1.51. The normalized spacial score (nSPS) is 17.7. The van der Waals surface area contributed by atoms with E-state index in [1.807, 2.05) is 94.4 Å². The van der Waals surface area contributed by atoms with Crippen molar-refractivity contribution in [1.29, 1.82) is 0 Å². The van der Waals surface area contributed by atoms with Crippen molar-refractivity contribution < 1.29 is 38.5 Å². The molecule has 0 radical (unpaired) electrons. The van der Waals surface area contributed by atoms with Crippen LogP contribution in [-0.4, -0.2) is 86.8 Å². The van der Waals surface area contributed by atoms with E-state index in [0.29, 0.717) is 11.3 Å². The molecule has 12 nitrogen and oxygen atoms in total. The van der Waals surface area contributed by atoms with E-state index in [9.17, 15) is 24.3 Å². The van der Waals surface area contributed by atoms with Crippen LogP contribution in [0.2, 0.25) is 0 Å². The van der Waals surface area contributed by atoms with Crippen molar-refractivity contribution >= 4 is 35.0 Å². The minimum absolute atomic E-state index is 0.0151. The number of rotatable bonds is 13. The van der Waals surface area contributed by atoms with Crippen LogP contribution in [0.1, 0.15) is 100 Å². The number of nitrogens with one attached hydrogen (secondary N) is 2. The first-order chi connectivity index (χ1) is 22.9. The van der Waals surface area contributed by atoms with Crippen LogP contribution in [0.25, 0.3) is 10.4 Å². The fourth-order valence-corrected chi connectivity index (χ4v) is 6.41. The first kappa shape index (κ1) is 40.9. The molecular formula is C37H56N4O8S. The van der Waals surface area contributed by atoms with Gasteiger partial charge < -0.3 is 34.9 Å². The van der Waals surface area contributed by atoms with Gasteiger partial charge in [-0.15, -0.1) is 11.3 Å². The molecule has 1 aliphatic rings. The van der Waals surface area contributed by atoms with E-state index in [0.717, 1.165) is 16.1 Å². The van der Waals surface area contributed by atoms with Crippen molar-refractivity contribution in [3.05, 3.63) is 35.0 Å². The number of aromatic nitrogens is 1. The number of carbonyl (C=O) groups is 4. The SMILES string of the molecule is CC(=O)NC(C(=O)N1C[C@H](O)C[C@H]1C(=O)NCc1ccc(-c2scnc2C)cc1OC(C)(C)COC(C)(C)CC(=O)OC(C)(C)C)C(C)(C)C. The van der Waals surface area contributed by atoms with Gasteiger partial charge in [0.25, 0.3) is 0 Å². The Morgan fingerprint density at radius 1 is 1.04 bits per heavy atom. The molecule has 1 aromatic carbocycles. The largest absolute Gasteiger partial charge is 0.485 e. The Morgan fingerprint density at radius 3 is 2.26 bits per heavy atom. The predicted octanol–water partition coefficient (Wildman–Crippen LogP) is 4.93. The highest BCUT2D eigenvalue weighted by Crippen LogP contribution is 2.34. The summed E-state index contributed by atoms with van der Waals surface area (Å²) in [7, 11) is 0. The first-order valence-corrected chi connectivity index (χ1v) is 17.9. The third-order valence-corrected chi connectivity index (χ3v) is 9.02. The molecule has 1 unspecified atom stereocenters. The number of ether oxygens (including phenoxy) is 3. The van der Waals surface area contributed by atoms with Crippen molar-refractivity contribution in [2.45, 2.75) is 137 Å². The lowest BCUT2D eigenvalue weighted by Crippen LogP contribution is -2.57. The summed E-state index contributed by atoms with van der Waals surface area (Å²) in [6.07, 6.45) is -0.742. The van der Waals surface area contributed by atoms with Crippen LogP contribution < -0.4 is 15.4 Å². The molecule has 1 aliphatic heterocycles. The molecule has 50 heavy (non-hydrogen) atoms. The van der Waals surface area contributed by atoms with Gasteiger partial charge in [0.15, 0.2) is 0 Å². The zero-order chi connectivity index (χ0) is 37.8. The molecule has 1 aromatic heterocycles. The van der Waals surface area contributed by atoms with Crippen LogP contribution in [0.5, 0.6) is 5.75 Å². The fraction of sp³-hybridized carbons (Fsp3) is 0.649. The highest BCUT2D eigenvalue weighted by atomic mass is 32.1. The number of esters is 1. The van der Waals surface area contributed by atoms with Crippen LogP contribution in [0, 0.1) is 12.3 Å². The average molecular weight is 717 g/mol. The number of β-amino-alcohol motifs (C(OH)–C–C–N with tert-alkyl or cyclic N) is 1. The topological polar surface area (TPSA) is 156 Å². The van der Waals surface area contributed by atoms with E-state index in [2.05, 4.69) is 15.6 Å². The predicted molar refractivity (Wildman–Crippen MR) is 193 cm³/mol. The molecule has 278 valence electrons. The van der Waals surface area contributed by atoms with Crippen molar-refractivity contribution in [3.63, 3.8) is 0 Å². The molecule has 13 heteroatoms. The van der Waals surface area contributed by atoms with E-state index >= 15 is 0 Å². The van der Waals surface area contributed by atoms with E-state index in [-0.39, 0.29) is 44.4 Å². The van der Waals surface area contributed by atoms with Gasteiger partial charge in [-0.05, 0) is 72.4 Å². The molecule has 0 spiro atoms. The first-order valence-electron chi connectivity index (χ1n) is 17.0. The summed E-state index contributed by atoms with van der Waals surface area (Å²) in [4.78, 5) is 58.5. The second-order valence-corrected chi connectivity index (χ2v) is 17.2. The number of aliphatic hydroxyl groups excluding tert-OH is 1. The quantitative estimate of drug-likeness (QED) is 0.245. The third kappa shape index (κ3) is 11.8. The van der Waals surface area contributed by atoms with Gasteiger partial charge in [-0.25, -0.2) is 4.98 Å². The number of thiazole rings is 1.